The topological polar surface area (TPSA) is 103 Å². The zero-order chi connectivity index (χ0) is 37.2. The van der Waals surface area contributed by atoms with E-state index in [1.807, 2.05) is 74.6 Å². The number of aliphatic hydroxyl groups excluding tert-OH is 2. The van der Waals surface area contributed by atoms with Crippen molar-refractivity contribution in [2.45, 2.75) is 101 Å². The Labute approximate surface area is 319 Å². The van der Waals surface area contributed by atoms with Gasteiger partial charge in [0.1, 0.15) is 0 Å². The van der Waals surface area contributed by atoms with Crippen molar-refractivity contribution in [3.8, 4) is 11.1 Å². The summed E-state index contributed by atoms with van der Waals surface area (Å²) in [6, 6.07) is 34.3. The van der Waals surface area contributed by atoms with Crippen LogP contribution in [-0.2, 0) is 22.6 Å². The maximum Gasteiger partial charge on any atom is 0.315 e. The van der Waals surface area contributed by atoms with Gasteiger partial charge in [-0.3, -0.25) is 4.90 Å². The number of amides is 2. The molecule has 5 fully saturated rings. The fourth-order valence-electron chi connectivity index (χ4n) is 10.1. The smallest absolute Gasteiger partial charge is 0.315 e. The highest BCUT2D eigenvalue weighted by Crippen LogP contribution is 2.55. The molecule has 0 unspecified atom stereocenters. The highest BCUT2D eigenvalue weighted by molar-refractivity contribution is 5.75. The molecule has 5 aliphatic rings. The lowest BCUT2D eigenvalue weighted by Gasteiger charge is -2.56. The van der Waals surface area contributed by atoms with E-state index >= 15 is 0 Å². The Hall–Kier alpha value is -4.05. The number of benzene rings is 4. The first-order valence-corrected chi connectivity index (χ1v) is 19.9. The molecule has 54 heavy (non-hydrogen) atoms. The van der Waals surface area contributed by atoms with Gasteiger partial charge in [-0.05, 0) is 110 Å². The molecule has 4 bridgehead atoms. The highest BCUT2D eigenvalue weighted by atomic mass is 16.7. The lowest BCUT2D eigenvalue weighted by molar-refractivity contribution is -0.253. The Morgan fingerprint density at radius 1 is 0.796 bits per heavy atom. The van der Waals surface area contributed by atoms with E-state index in [-0.39, 0.29) is 36.4 Å². The van der Waals surface area contributed by atoms with E-state index in [1.165, 1.54) is 19.3 Å². The van der Waals surface area contributed by atoms with Crippen LogP contribution in [0.4, 0.5) is 4.79 Å². The van der Waals surface area contributed by atoms with Gasteiger partial charge in [0.2, 0.25) is 0 Å². The van der Waals surface area contributed by atoms with Crippen molar-refractivity contribution in [3.05, 3.63) is 131 Å². The molecule has 4 saturated carbocycles. The van der Waals surface area contributed by atoms with Gasteiger partial charge < -0.3 is 30.3 Å². The Kier molecular flexibility index (Phi) is 10.9. The summed E-state index contributed by atoms with van der Waals surface area (Å²) >= 11 is 0. The summed E-state index contributed by atoms with van der Waals surface area (Å²) in [6.45, 7) is 3.14. The van der Waals surface area contributed by atoms with E-state index in [2.05, 4.69) is 58.0 Å². The monoisotopic (exact) mass is 729 g/mol. The second kappa shape index (κ2) is 16.0. The molecule has 0 radical (unpaired) electrons. The van der Waals surface area contributed by atoms with Crippen molar-refractivity contribution in [2.75, 3.05) is 13.6 Å². The molecule has 284 valence electrons. The minimum absolute atomic E-state index is 0.00201. The van der Waals surface area contributed by atoms with Gasteiger partial charge in [0, 0.05) is 36.7 Å². The number of nitrogens with zero attached hydrogens (tertiary/aromatic N) is 1. The van der Waals surface area contributed by atoms with E-state index in [0.717, 1.165) is 76.0 Å². The molecular formula is C46H55N3O5. The molecule has 4 aromatic carbocycles. The summed E-state index contributed by atoms with van der Waals surface area (Å²) in [7, 11) is 2.03. The van der Waals surface area contributed by atoms with Crippen molar-refractivity contribution >= 4 is 6.03 Å². The van der Waals surface area contributed by atoms with Crippen LogP contribution in [0.3, 0.4) is 0 Å². The number of ether oxygens (including phenoxy) is 2. The number of aliphatic hydroxyl groups is 2. The third-order valence-electron chi connectivity index (χ3n) is 12.7. The second-order valence-corrected chi connectivity index (χ2v) is 16.7. The molecule has 4 N–H and O–H groups in total. The number of carbonyl (C=O) groups excluding carboxylic acids is 1. The number of hydrogen-bond donors (Lipinski definition) is 4. The van der Waals surface area contributed by atoms with Crippen molar-refractivity contribution < 1.29 is 24.5 Å². The molecule has 1 aliphatic heterocycles. The molecule has 5 atom stereocenters. The summed E-state index contributed by atoms with van der Waals surface area (Å²) in [5.41, 5.74) is 6.94. The summed E-state index contributed by atoms with van der Waals surface area (Å²) in [5.74, 6) is 2.37. The Bertz CT molecular complexity index is 1830. The third kappa shape index (κ3) is 8.28. The number of nitrogens with one attached hydrogen (secondary N) is 2. The van der Waals surface area contributed by atoms with E-state index in [9.17, 15) is 15.0 Å². The number of hydrogen-bond acceptors (Lipinski definition) is 6. The minimum atomic E-state index is -0.626. The number of likely N-dealkylation sites (N-methyl/N-ethyl adjacent to an activating group) is 1. The van der Waals surface area contributed by atoms with Gasteiger partial charge in [-0.25, -0.2) is 4.79 Å². The molecule has 4 aliphatic carbocycles. The molecular weight excluding hydrogens is 675 g/mol. The van der Waals surface area contributed by atoms with Crippen molar-refractivity contribution in [2.24, 2.45) is 17.8 Å². The van der Waals surface area contributed by atoms with Crippen LogP contribution in [0.5, 0.6) is 0 Å². The largest absolute Gasteiger partial charge is 0.392 e. The quantitative estimate of drug-likeness (QED) is 0.117. The van der Waals surface area contributed by atoms with E-state index in [0.29, 0.717) is 19.5 Å². The van der Waals surface area contributed by atoms with Crippen LogP contribution in [0.2, 0.25) is 0 Å². The molecule has 8 heteroatoms. The first-order valence-electron chi connectivity index (χ1n) is 19.9. The van der Waals surface area contributed by atoms with Crippen LogP contribution in [0.15, 0.2) is 103 Å². The maximum absolute atomic E-state index is 13.1. The summed E-state index contributed by atoms with van der Waals surface area (Å²) in [6.07, 6.45) is 6.61. The maximum atomic E-state index is 13.1. The fraction of sp³-hybridized carbons (Fsp3) is 0.457. The summed E-state index contributed by atoms with van der Waals surface area (Å²) in [4.78, 5) is 15.3. The van der Waals surface area contributed by atoms with Crippen LogP contribution in [0.1, 0.15) is 98.2 Å². The summed E-state index contributed by atoms with van der Waals surface area (Å²) < 4.78 is 13.3. The highest BCUT2D eigenvalue weighted by Gasteiger charge is 2.51. The van der Waals surface area contributed by atoms with Crippen LogP contribution in [-0.4, -0.2) is 52.4 Å². The van der Waals surface area contributed by atoms with Crippen LogP contribution >= 0.6 is 0 Å². The molecule has 8 nitrogen and oxygen atoms in total. The molecule has 4 aromatic rings. The third-order valence-corrected chi connectivity index (χ3v) is 12.7. The minimum Gasteiger partial charge on any atom is -0.392 e. The number of carbonyl (C=O) groups is 1. The van der Waals surface area contributed by atoms with Crippen molar-refractivity contribution in [3.63, 3.8) is 0 Å². The van der Waals surface area contributed by atoms with Crippen molar-refractivity contribution in [1.82, 2.24) is 15.5 Å². The van der Waals surface area contributed by atoms with Gasteiger partial charge >= 0.3 is 6.03 Å². The molecule has 1 saturated heterocycles. The zero-order valence-electron chi connectivity index (χ0n) is 31.6. The standard InChI is InChI=1S/C46H55N3O5/c1-30(43(51)38-8-4-3-5-9-38)49(2)28-41-23-42(37-13-11-31(29-50)12-14-37)54-44(53-41)39-17-15-36(16-18-39)40-10-6-7-32(22-40)27-47-45(52)48-46-24-33-19-34(25-46)21-35(20-33)26-46/h3-18,22,30,33-35,41-44,50-51H,19-21,23-29H2,1-2H3,(H2,47,48,52)/t30-,33?,34?,35?,41+,42-,43-,44-,46?/m1/s1. The average Bonchev–Trinajstić information content (AvgIpc) is 3.19. The molecule has 0 spiro atoms. The van der Waals surface area contributed by atoms with Gasteiger partial charge in [0.15, 0.2) is 6.29 Å². The van der Waals surface area contributed by atoms with Crippen molar-refractivity contribution in [1.29, 1.82) is 0 Å². The van der Waals surface area contributed by atoms with E-state index < -0.39 is 12.4 Å². The average molecular weight is 730 g/mol. The zero-order valence-corrected chi connectivity index (χ0v) is 31.6. The van der Waals surface area contributed by atoms with E-state index in [4.69, 9.17) is 9.47 Å². The van der Waals surface area contributed by atoms with Gasteiger partial charge in [-0.15, -0.1) is 0 Å². The second-order valence-electron chi connectivity index (χ2n) is 16.7. The van der Waals surface area contributed by atoms with Crippen LogP contribution in [0.25, 0.3) is 11.1 Å². The lowest BCUT2D eigenvalue weighted by Crippen LogP contribution is -2.61. The predicted octanol–water partition coefficient (Wildman–Crippen LogP) is 8.21. The Balaban J connectivity index is 0.926. The van der Waals surface area contributed by atoms with Crippen LogP contribution < -0.4 is 10.6 Å². The predicted molar refractivity (Wildman–Crippen MR) is 210 cm³/mol. The molecule has 9 rings (SSSR count). The van der Waals surface area contributed by atoms with E-state index in [1.54, 1.807) is 0 Å². The fourth-order valence-corrected chi connectivity index (χ4v) is 10.1. The first kappa shape index (κ1) is 36.9. The molecule has 2 amide bonds. The SMILES string of the molecule is C[C@H]([C@@H](O)c1ccccc1)N(C)C[C@@H]1C[C@H](c2ccc(CO)cc2)O[C@H](c2ccc(-c3cccc(CNC(=O)NC45CC6CC(CC(C6)C4)C5)c3)cc2)O1. The number of rotatable bonds is 12. The molecule has 0 aromatic heterocycles. The number of urea groups is 1. The van der Waals surface area contributed by atoms with Gasteiger partial charge in [-0.2, -0.15) is 0 Å². The van der Waals surface area contributed by atoms with Crippen LogP contribution in [0, 0.1) is 17.8 Å². The van der Waals surface area contributed by atoms with Gasteiger partial charge in [0.05, 0.1) is 24.9 Å². The normalized spacial score (nSPS) is 28.5. The first-order chi connectivity index (χ1) is 26.2. The Morgan fingerprint density at radius 3 is 2.13 bits per heavy atom. The Morgan fingerprint density at radius 2 is 1.46 bits per heavy atom. The van der Waals surface area contributed by atoms with Gasteiger partial charge in [0.25, 0.3) is 0 Å². The summed E-state index contributed by atoms with van der Waals surface area (Å²) in [5, 5.41) is 27.3. The lowest BCUT2D eigenvalue weighted by atomic mass is 9.53. The van der Waals surface area contributed by atoms with Gasteiger partial charge in [-0.1, -0.05) is 97.1 Å². The molecule has 1 heterocycles.